The van der Waals surface area contributed by atoms with Gasteiger partial charge in [0.1, 0.15) is 0 Å². The van der Waals surface area contributed by atoms with E-state index in [0.29, 0.717) is 23.5 Å². The van der Waals surface area contributed by atoms with Crippen molar-refractivity contribution >= 4 is 40.3 Å². The zero-order chi connectivity index (χ0) is 15.4. The van der Waals surface area contributed by atoms with E-state index in [0.717, 1.165) is 9.21 Å². The van der Waals surface area contributed by atoms with Gasteiger partial charge in [0.05, 0.1) is 33.9 Å². The molecule has 0 radical (unpaired) electrons. The van der Waals surface area contributed by atoms with Gasteiger partial charge in [-0.1, -0.05) is 11.6 Å². The number of ether oxygens (including phenoxy) is 1. The van der Waals surface area contributed by atoms with Gasteiger partial charge in [-0.3, -0.25) is 0 Å². The Hall–Kier alpha value is -1.72. The van der Waals surface area contributed by atoms with Crippen LogP contribution in [-0.4, -0.2) is 12.6 Å². The lowest BCUT2D eigenvalue weighted by molar-refractivity contribution is 0.0526. The minimum atomic E-state index is -0.354. The van der Waals surface area contributed by atoms with Gasteiger partial charge in [-0.2, -0.15) is 0 Å². The van der Waals surface area contributed by atoms with Crippen LogP contribution in [0.1, 0.15) is 35.1 Å². The summed E-state index contributed by atoms with van der Waals surface area (Å²) < 4.78 is 5.74. The van der Waals surface area contributed by atoms with E-state index in [9.17, 15) is 4.79 Å². The molecular weight excluding hydrogens is 308 g/mol. The predicted molar refractivity (Wildman–Crippen MR) is 88.2 cm³/mol. The van der Waals surface area contributed by atoms with Crippen molar-refractivity contribution in [1.29, 1.82) is 0 Å². The third kappa shape index (κ3) is 3.89. The highest BCUT2D eigenvalue weighted by Crippen LogP contribution is 2.31. The highest BCUT2D eigenvalue weighted by Gasteiger charge is 2.13. The minimum Gasteiger partial charge on any atom is -0.462 e. The Balaban J connectivity index is 2.19. The third-order valence-corrected chi connectivity index (χ3v) is 4.37. The molecule has 2 rings (SSSR count). The highest BCUT2D eigenvalue weighted by molar-refractivity contribution is 7.16. The van der Waals surface area contributed by atoms with Gasteiger partial charge < -0.3 is 15.8 Å². The van der Waals surface area contributed by atoms with Gasteiger partial charge in [-0.25, -0.2) is 4.79 Å². The molecule has 6 heteroatoms. The molecule has 0 aliphatic carbocycles. The number of nitrogen functional groups attached to an aromatic ring is 1. The van der Waals surface area contributed by atoms with E-state index in [-0.39, 0.29) is 12.0 Å². The second-order valence-electron chi connectivity index (χ2n) is 4.53. The fraction of sp³-hybridized carbons (Fsp3) is 0.267. The second kappa shape index (κ2) is 6.83. The molecule has 4 nitrogen and oxygen atoms in total. The number of halogens is 1. The molecule has 0 amide bonds. The summed E-state index contributed by atoms with van der Waals surface area (Å²) >= 11 is 7.46. The van der Waals surface area contributed by atoms with Crippen molar-refractivity contribution in [2.24, 2.45) is 0 Å². The Labute approximate surface area is 132 Å². The molecule has 0 aliphatic rings. The standard InChI is InChI=1S/C15H17ClN2O2S/c1-3-20-15(19)10-4-5-11(17)12(8-10)18-9(2)13-6-7-14(16)21-13/h4-9,18H,3,17H2,1-2H3. The van der Waals surface area contributed by atoms with Crippen LogP contribution >= 0.6 is 22.9 Å². The van der Waals surface area contributed by atoms with E-state index in [4.69, 9.17) is 22.1 Å². The number of carbonyl (C=O) groups is 1. The summed E-state index contributed by atoms with van der Waals surface area (Å²) in [5, 5.41) is 3.30. The van der Waals surface area contributed by atoms with Crippen LogP contribution in [0, 0.1) is 0 Å². The van der Waals surface area contributed by atoms with Crippen molar-refractivity contribution in [3.8, 4) is 0 Å². The summed E-state index contributed by atoms with van der Waals surface area (Å²) in [6, 6.07) is 8.93. The maximum atomic E-state index is 11.8. The van der Waals surface area contributed by atoms with Gasteiger partial charge in [-0.15, -0.1) is 11.3 Å². The lowest BCUT2D eigenvalue weighted by atomic mass is 10.1. The van der Waals surface area contributed by atoms with Crippen LogP contribution in [0.4, 0.5) is 11.4 Å². The number of esters is 1. The first-order valence-corrected chi connectivity index (χ1v) is 7.79. The minimum absolute atomic E-state index is 0.0437. The molecule has 0 bridgehead atoms. The van der Waals surface area contributed by atoms with Gasteiger partial charge in [0.2, 0.25) is 0 Å². The molecule has 0 aliphatic heterocycles. The first-order chi connectivity index (χ1) is 10.0. The SMILES string of the molecule is CCOC(=O)c1ccc(N)c(NC(C)c2ccc(Cl)s2)c1. The smallest absolute Gasteiger partial charge is 0.338 e. The number of nitrogens with two attached hydrogens (primary N) is 1. The van der Waals surface area contributed by atoms with Crippen molar-refractivity contribution in [1.82, 2.24) is 0 Å². The number of nitrogens with one attached hydrogen (secondary N) is 1. The molecule has 1 aromatic heterocycles. The fourth-order valence-electron chi connectivity index (χ4n) is 1.89. The average molecular weight is 325 g/mol. The van der Waals surface area contributed by atoms with E-state index in [1.54, 1.807) is 25.1 Å². The van der Waals surface area contributed by atoms with Crippen molar-refractivity contribution in [3.05, 3.63) is 45.1 Å². The zero-order valence-corrected chi connectivity index (χ0v) is 13.4. The monoisotopic (exact) mass is 324 g/mol. The maximum Gasteiger partial charge on any atom is 0.338 e. The van der Waals surface area contributed by atoms with Gasteiger partial charge in [-0.05, 0) is 44.2 Å². The number of hydrogen-bond acceptors (Lipinski definition) is 5. The molecule has 1 atom stereocenters. The normalized spacial score (nSPS) is 12.0. The first kappa shape index (κ1) is 15.7. The molecule has 0 saturated heterocycles. The first-order valence-electron chi connectivity index (χ1n) is 6.59. The molecule has 2 aromatic rings. The lowest BCUT2D eigenvalue weighted by Gasteiger charge is -2.16. The molecule has 0 saturated carbocycles. The summed E-state index contributed by atoms with van der Waals surface area (Å²) in [7, 11) is 0. The Morgan fingerprint density at radius 1 is 1.43 bits per heavy atom. The van der Waals surface area contributed by atoms with Crippen molar-refractivity contribution in [2.75, 3.05) is 17.7 Å². The molecule has 3 N–H and O–H groups in total. The Kier molecular flexibility index (Phi) is 5.09. The van der Waals surface area contributed by atoms with Gasteiger partial charge in [0, 0.05) is 4.88 Å². The van der Waals surface area contributed by atoms with Gasteiger partial charge in [0.25, 0.3) is 0 Å². The van der Waals surface area contributed by atoms with Crippen molar-refractivity contribution in [2.45, 2.75) is 19.9 Å². The molecule has 1 heterocycles. The Bertz CT molecular complexity index is 642. The van der Waals surface area contributed by atoms with Crippen LogP contribution in [-0.2, 0) is 4.74 Å². The largest absolute Gasteiger partial charge is 0.462 e. The maximum absolute atomic E-state index is 11.8. The van der Waals surface area contributed by atoms with Gasteiger partial charge >= 0.3 is 5.97 Å². The van der Waals surface area contributed by atoms with E-state index < -0.39 is 0 Å². The van der Waals surface area contributed by atoms with Crippen LogP contribution in [0.2, 0.25) is 4.34 Å². The number of benzene rings is 1. The Morgan fingerprint density at radius 3 is 2.81 bits per heavy atom. The summed E-state index contributed by atoms with van der Waals surface area (Å²) in [5.74, 6) is -0.354. The lowest BCUT2D eigenvalue weighted by Crippen LogP contribution is -2.10. The predicted octanol–water partition coefficient (Wildman–Crippen LogP) is 4.33. The summed E-state index contributed by atoms with van der Waals surface area (Å²) in [6.07, 6.45) is 0. The van der Waals surface area contributed by atoms with E-state index in [1.807, 2.05) is 19.1 Å². The third-order valence-electron chi connectivity index (χ3n) is 2.96. The zero-order valence-electron chi connectivity index (χ0n) is 11.9. The van der Waals surface area contributed by atoms with Crippen molar-refractivity contribution < 1.29 is 9.53 Å². The molecular formula is C15H17ClN2O2S. The molecule has 1 aromatic carbocycles. The topological polar surface area (TPSA) is 64.3 Å². The van der Waals surface area contributed by atoms with Crippen LogP contribution in [0.15, 0.2) is 30.3 Å². The number of carbonyl (C=O) groups excluding carboxylic acids is 1. The summed E-state index contributed by atoms with van der Waals surface area (Å²) in [4.78, 5) is 12.9. The number of anilines is 2. The van der Waals surface area contributed by atoms with Crippen LogP contribution in [0.5, 0.6) is 0 Å². The molecule has 112 valence electrons. The number of hydrogen-bond donors (Lipinski definition) is 2. The van der Waals surface area contributed by atoms with E-state index in [2.05, 4.69) is 5.32 Å². The molecule has 21 heavy (non-hydrogen) atoms. The molecule has 0 spiro atoms. The second-order valence-corrected chi connectivity index (χ2v) is 6.28. The Morgan fingerprint density at radius 2 is 2.19 bits per heavy atom. The average Bonchev–Trinajstić information content (AvgIpc) is 2.88. The highest BCUT2D eigenvalue weighted by atomic mass is 35.5. The van der Waals surface area contributed by atoms with Crippen LogP contribution in [0.25, 0.3) is 0 Å². The summed E-state index contributed by atoms with van der Waals surface area (Å²) in [5.41, 5.74) is 7.72. The van der Waals surface area contributed by atoms with E-state index in [1.165, 1.54) is 11.3 Å². The van der Waals surface area contributed by atoms with Crippen LogP contribution in [0.3, 0.4) is 0 Å². The molecule has 0 fully saturated rings. The van der Waals surface area contributed by atoms with E-state index >= 15 is 0 Å². The van der Waals surface area contributed by atoms with Crippen molar-refractivity contribution in [3.63, 3.8) is 0 Å². The quantitative estimate of drug-likeness (QED) is 0.634. The number of thiophene rings is 1. The number of rotatable bonds is 5. The summed E-state index contributed by atoms with van der Waals surface area (Å²) in [6.45, 7) is 4.13. The molecule has 1 unspecified atom stereocenters. The van der Waals surface area contributed by atoms with Gasteiger partial charge in [0.15, 0.2) is 0 Å². The van der Waals surface area contributed by atoms with Crippen LogP contribution < -0.4 is 11.1 Å². The fourth-order valence-corrected chi connectivity index (χ4v) is 2.95.